The molecule has 0 aromatic carbocycles. The average Bonchev–Trinajstić information content (AvgIpc) is 1.64. The molecular formula is C3H10NO4P. The fraction of sp³-hybridized carbons (Fsp3) is 1.00. The second-order valence-corrected chi connectivity index (χ2v) is 3.12. The molecule has 0 spiro atoms. The molecule has 0 saturated carbocycles. The van der Waals surface area contributed by atoms with E-state index in [-0.39, 0.29) is 6.61 Å². The van der Waals surface area contributed by atoms with Crippen LogP contribution in [0, 0.1) is 0 Å². The average molecular weight is 155 g/mol. The summed E-state index contributed by atoms with van der Waals surface area (Å²) in [5, 5.41) is 0. The quantitative estimate of drug-likeness (QED) is 0.375. The highest BCUT2D eigenvalue weighted by Crippen LogP contribution is 2.38. The van der Waals surface area contributed by atoms with E-state index in [9.17, 15) is 4.57 Å². The molecule has 0 amide bonds. The van der Waals surface area contributed by atoms with E-state index in [2.05, 4.69) is 4.74 Å². The van der Waals surface area contributed by atoms with Crippen LogP contribution in [0.2, 0.25) is 0 Å². The zero-order chi connectivity index (χ0) is 7.49. The Balaban J connectivity index is 3.74. The zero-order valence-corrected chi connectivity index (χ0v) is 5.91. The third kappa shape index (κ3) is 3.61. The molecule has 0 fully saturated rings. The van der Waals surface area contributed by atoms with Gasteiger partial charge in [0.25, 0.3) is 0 Å². The van der Waals surface area contributed by atoms with Gasteiger partial charge in [0.1, 0.15) is 0 Å². The molecule has 0 heterocycles. The minimum Gasteiger partial charge on any atom is -0.352 e. The summed E-state index contributed by atoms with van der Waals surface area (Å²) >= 11 is 0. The molecule has 0 aliphatic rings. The Bertz CT molecular complexity index is 121. The molecular weight excluding hydrogens is 145 g/mol. The highest BCUT2D eigenvalue weighted by molar-refractivity contribution is 7.52. The Morgan fingerprint density at radius 2 is 2.22 bits per heavy atom. The summed E-state index contributed by atoms with van der Waals surface area (Å²) in [7, 11) is -4.22. The van der Waals surface area contributed by atoms with E-state index >= 15 is 0 Å². The molecule has 0 saturated heterocycles. The molecule has 0 aliphatic heterocycles. The predicted octanol–water partition coefficient (Wildman–Crippen LogP) is -0.557. The Kier molecular flexibility index (Phi) is 3.32. The van der Waals surface area contributed by atoms with Crippen molar-refractivity contribution >= 4 is 7.60 Å². The van der Waals surface area contributed by atoms with E-state index in [1.807, 2.05) is 0 Å². The SMILES string of the molecule is CCOC(N)P(=O)(O)O. The van der Waals surface area contributed by atoms with E-state index in [1.54, 1.807) is 6.92 Å². The van der Waals surface area contributed by atoms with Crippen molar-refractivity contribution < 1.29 is 19.1 Å². The van der Waals surface area contributed by atoms with Crippen molar-refractivity contribution in [3.8, 4) is 0 Å². The smallest absolute Gasteiger partial charge is 0.352 e. The lowest BCUT2D eigenvalue weighted by Gasteiger charge is -2.11. The summed E-state index contributed by atoms with van der Waals surface area (Å²) in [6.07, 6.45) is 0. The number of ether oxygens (including phenoxy) is 1. The zero-order valence-electron chi connectivity index (χ0n) is 5.02. The van der Waals surface area contributed by atoms with Crippen molar-refractivity contribution in [2.24, 2.45) is 5.73 Å². The first kappa shape index (κ1) is 9.07. The van der Waals surface area contributed by atoms with Crippen molar-refractivity contribution in [2.45, 2.75) is 12.9 Å². The first-order valence-corrected chi connectivity index (χ1v) is 4.09. The van der Waals surface area contributed by atoms with Gasteiger partial charge in [0.2, 0.25) is 5.97 Å². The van der Waals surface area contributed by atoms with Crippen LogP contribution in [0.5, 0.6) is 0 Å². The molecule has 0 aromatic heterocycles. The lowest BCUT2D eigenvalue weighted by Crippen LogP contribution is -2.23. The van der Waals surface area contributed by atoms with Gasteiger partial charge >= 0.3 is 7.60 Å². The highest BCUT2D eigenvalue weighted by atomic mass is 31.2. The number of hydrogen-bond donors (Lipinski definition) is 3. The van der Waals surface area contributed by atoms with Gasteiger partial charge in [-0.1, -0.05) is 0 Å². The normalized spacial score (nSPS) is 15.6. The molecule has 9 heavy (non-hydrogen) atoms. The van der Waals surface area contributed by atoms with Gasteiger partial charge in [-0.05, 0) is 6.92 Å². The van der Waals surface area contributed by atoms with Gasteiger partial charge in [0.05, 0.1) is 0 Å². The van der Waals surface area contributed by atoms with Crippen molar-refractivity contribution in [2.75, 3.05) is 6.61 Å². The van der Waals surface area contributed by atoms with Crippen LogP contribution in [0.4, 0.5) is 0 Å². The molecule has 5 nitrogen and oxygen atoms in total. The van der Waals surface area contributed by atoms with Crippen molar-refractivity contribution in [1.29, 1.82) is 0 Å². The largest absolute Gasteiger partial charge is 0.368 e. The van der Waals surface area contributed by atoms with Crippen LogP contribution in [0.15, 0.2) is 0 Å². The Morgan fingerprint density at radius 3 is 2.33 bits per heavy atom. The van der Waals surface area contributed by atoms with Crippen LogP contribution in [-0.2, 0) is 9.30 Å². The molecule has 4 N–H and O–H groups in total. The van der Waals surface area contributed by atoms with E-state index in [0.717, 1.165) is 0 Å². The monoisotopic (exact) mass is 155 g/mol. The fourth-order valence-electron chi connectivity index (χ4n) is 0.268. The third-order valence-corrected chi connectivity index (χ3v) is 1.48. The first-order valence-electron chi connectivity index (χ1n) is 2.41. The molecule has 0 radical (unpaired) electrons. The molecule has 1 atom stereocenters. The van der Waals surface area contributed by atoms with Gasteiger partial charge in [-0.25, -0.2) is 0 Å². The van der Waals surface area contributed by atoms with Gasteiger partial charge in [-0.2, -0.15) is 0 Å². The molecule has 6 heteroatoms. The second kappa shape index (κ2) is 3.29. The van der Waals surface area contributed by atoms with Crippen molar-refractivity contribution in [3.05, 3.63) is 0 Å². The van der Waals surface area contributed by atoms with Crippen LogP contribution in [0.25, 0.3) is 0 Å². The Hall–Kier alpha value is 0.0700. The first-order chi connectivity index (χ1) is 3.98. The van der Waals surface area contributed by atoms with Crippen LogP contribution in [0.3, 0.4) is 0 Å². The fourth-order valence-corrected chi connectivity index (χ4v) is 0.611. The maximum atomic E-state index is 10.2. The number of hydrogen-bond acceptors (Lipinski definition) is 3. The van der Waals surface area contributed by atoms with Crippen molar-refractivity contribution in [3.63, 3.8) is 0 Å². The summed E-state index contributed by atoms with van der Waals surface area (Å²) in [5.74, 6) is -1.47. The van der Waals surface area contributed by atoms with Gasteiger partial charge in [0, 0.05) is 6.61 Å². The number of rotatable bonds is 3. The molecule has 0 rings (SSSR count). The van der Waals surface area contributed by atoms with Gasteiger partial charge in [-0.3, -0.25) is 10.3 Å². The Labute approximate surface area is 53.0 Å². The summed E-state index contributed by atoms with van der Waals surface area (Å²) in [6.45, 7) is 1.81. The summed E-state index contributed by atoms with van der Waals surface area (Å²) in [5.41, 5.74) is 4.88. The van der Waals surface area contributed by atoms with Crippen LogP contribution >= 0.6 is 7.60 Å². The topological polar surface area (TPSA) is 92.8 Å². The minimum absolute atomic E-state index is 0.201. The van der Waals surface area contributed by atoms with Crippen molar-refractivity contribution in [1.82, 2.24) is 0 Å². The highest BCUT2D eigenvalue weighted by Gasteiger charge is 2.24. The molecule has 0 aromatic rings. The molecule has 56 valence electrons. The van der Waals surface area contributed by atoms with E-state index in [0.29, 0.717) is 0 Å². The van der Waals surface area contributed by atoms with Crippen LogP contribution < -0.4 is 5.73 Å². The second-order valence-electron chi connectivity index (χ2n) is 1.43. The van der Waals surface area contributed by atoms with E-state index in [4.69, 9.17) is 15.5 Å². The maximum Gasteiger partial charge on any atom is 0.368 e. The van der Waals surface area contributed by atoms with Gasteiger partial charge in [-0.15, -0.1) is 0 Å². The standard InChI is InChI=1S/C3H10NO4P/c1-2-8-3(4)9(5,6)7/h3H,2,4H2,1H3,(H2,5,6,7). The maximum absolute atomic E-state index is 10.2. The van der Waals surface area contributed by atoms with E-state index in [1.165, 1.54) is 0 Å². The Morgan fingerprint density at radius 1 is 1.78 bits per heavy atom. The summed E-state index contributed by atoms with van der Waals surface area (Å²) in [6, 6.07) is 0. The van der Waals surface area contributed by atoms with Crippen LogP contribution in [-0.4, -0.2) is 22.4 Å². The minimum atomic E-state index is -4.22. The number of nitrogens with two attached hydrogens (primary N) is 1. The lowest BCUT2D eigenvalue weighted by molar-refractivity contribution is 0.100. The molecule has 0 bridgehead atoms. The predicted molar refractivity (Wildman–Crippen MR) is 31.6 cm³/mol. The van der Waals surface area contributed by atoms with Gasteiger partial charge in [0.15, 0.2) is 0 Å². The van der Waals surface area contributed by atoms with E-state index < -0.39 is 13.6 Å². The third-order valence-electron chi connectivity index (χ3n) is 0.669. The lowest BCUT2D eigenvalue weighted by atomic mass is 10.9. The molecule has 1 unspecified atom stereocenters. The summed E-state index contributed by atoms with van der Waals surface area (Å²) < 4.78 is 14.6. The molecule has 0 aliphatic carbocycles. The summed E-state index contributed by atoms with van der Waals surface area (Å²) in [4.78, 5) is 16.6. The van der Waals surface area contributed by atoms with Gasteiger partial charge < -0.3 is 14.5 Å². The van der Waals surface area contributed by atoms with Crippen LogP contribution in [0.1, 0.15) is 6.92 Å².